The van der Waals surface area contributed by atoms with E-state index >= 15 is 0 Å². The fourth-order valence-corrected chi connectivity index (χ4v) is 3.33. The largest absolute Gasteiger partial charge is 0.378 e. The molecule has 130 valence electrons. The fraction of sp³-hybridized carbons (Fsp3) is 0.895. The van der Waals surface area contributed by atoms with E-state index in [0.29, 0.717) is 6.04 Å². The molecule has 0 saturated heterocycles. The monoisotopic (exact) mass is 309 g/mol. The molecule has 0 amide bonds. The van der Waals surface area contributed by atoms with Crippen LogP contribution in [0.25, 0.3) is 0 Å². The van der Waals surface area contributed by atoms with Gasteiger partial charge in [0.05, 0.1) is 17.4 Å². The molecular weight excluding hydrogens is 270 g/mol. The summed E-state index contributed by atoms with van der Waals surface area (Å²) in [6.45, 7) is 7.09. The topological polar surface area (TPSA) is 9.72 Å². The quantitative estimate of drug-likeness (QED) is 0.473. The van der Waals surface area contributed by atoms with Gasteiger partial charge in [0.15, 0.2) is 0 Å². The fourth-order valence-electron chi connectivity index (χ4n) is 3.33. The zero-order chi connectivity index (χ0) is 16.5. The SMILES string of the molecule is CCCCCCN(CCCCCC)C1C(N(C)C)=C1N(C)C. The Bertz CT molecular complexity index is 304. The molecule has 0 atom stereocenters. The van der Waals surface area contributed by atoms with Crippen LogP contribution in [0.2, 0.25) is 0 Å². The van der Waals surface area contributed by atoms with Crippen molar-refractivity contribution in [2.45, 2.75) is 71.3 Å². The van der Waals surface area contributed by atoms with Crippen molar-refractivity contribution in [3.8, 4) is 0 Å². The molecule has 0 spiro atoms. The van der Waals surface area contributed by atoms with Crippen LogP contribution < -0.4 is 0 Å². The second-order valence-electron chi connectivity index (χ2n) is 7.12. The van der Waals surface area contributed by atoms with E-state index in [1.54, 1.807) is 0 Å². The number of rotatable bonds is 13. The second-order valence-corrected chi connectivity index (χ2v) is 7.12. The van der Waals surface area contributed by atoms with Crippen LogP contribution in [0.4, 0.5) is 0 Å². The molecule has 3 nitrogen and oxygen atoms in total. The van der Waals surface area contributed by atoms with Crippen molar-refractivity contribution in [2.24, 2.45) is 0 Å². The van der Waals surface area contributed by atoms with Gasteiger partial charge in [0.1, 0.15) is 0 Å². The highest BCUT2D eigenvalue weighted by Gasteiger charge is 2.43. The van der Waals surface area contributed by atoms with Crippen molar-refractivity contribution in [2.75, 3.05) is 41.3 Å². The van der Waals surface area contributed by atoms with Crippen molar-refractivity contribution < 1.29 is 0 Å². The van der Waals surface area contributed by atoms with Crippen LogP contribution >= 0.6 is 0 Å². The highest BCUT2D eigenvalue weighted by molar-refractivity contribution is 5.43. The van der Waals surface area contributed by atoms with Gasteiger partial charge in [-0.1, -0.05) is 52.4 Å². The van der Waals surface area contributed by atoms with Crippen LogP contribution in [0.1, 0.15) is 65.2 Å². The number of nitrogens with zero attached hydrogens (tertiary/aromatic N) is 3. The molecule has 0 radical (unpaired) electrons. The summed E-state index contributed by atoms with van der Waals surface area (Å²) in [4.78, 5) is 7.35. The first-order valence-corrected chi connectivity index (χ1v) is 9.37. The predicted molar refractivity (Wildman–Crippen MR) is 98.0 cm³/mol. The maximum Gasteiger partial charge on any atom is 0.0939 e. The molecule has 22 heavy (non-hydrogen) atoms. The highest BCUT2D eigenvalue weighted by Crippen LogP contribution is 2.39. The van der Waals surface area contributed by atoms with Crippen molar-refractivity contribution in [3.05, 3.63) is 11.4 Å². The Balaban J connectivity index is 2.53. The molecule has 0 aromatic rings. The number of likely N-dealkylation sites (N-methyl/N-ethyl adjacent to an activating group) is 2. The molecule has 0 fully saturated rings. The molecule has 1 rings (SSSR count). The Morgan fingerprint density at radius 1 is 0.636 bits per heavy atom. The van der Waals surface area contributed by atoms with Gasteiger partial charge >= 0.3 is 0 Å². The predicted octanol–water partition coefficient (Wildman–Crippen LogP) is 4.17. The van der Waals surface area contributed by atoms with Crippen LogP contribution in [0.3, 0.4) is 0 Å². The molecule has 0 aliphatic heterocycles. The Kier molecular flexibility index (Phi) is 8.92. The second kappa shape index (κ2) is 10.1. The van der Waals surface area contributed by atoms with Crippen molar-refractivity contribution >= 4 is 0 Å². The first-order valence-electron chi connectivity index (χ1n) is 9.37. The van der Waals surface area contributed by atoms with Gasteiger partial charge in [-0.2, -0.15) is 0 Å². The minimum absolute atomic E-state index is 0.577. The van der Waals surface area contributed by atoms with Crippen molar-refractivity contribution in [3.63, 3.8) is 0 Å². The van der Waals surface area contributed by atoms with Crippen LogP contribution in [0, 0.1) is 0 Å². The van der Waals surface area contributed by atoms with Gasteiger partial charge < -0.3 is 9.80 Å². The van der Waals surface area contributed by atoms with E-state index in [2.05, 4.69) is 56.7 Å². The van der Waals surface area contributed by atoms with Gasteiger partial charge in [-0.25, -0.2) is 0 Å². The molecule has 1 aliphatic rings. The summed E-state index contributed by atoms with van der Waals surface area (Å²) in [6.07, 6.45) is 10.9. The lowest BCUT2D eigenvalue weighted by molar-refractivity contribution is 0.235. The third-order valence-electron chi connectivity index (χ3n) is 4.62. The van der Waals surface area contributed by atoms with E-state index in [4.69, 9.17) is 0 Å². The highest BCUT2D eigenvalue weighted by atomic mass is 15.3. The maximum absolute atomic E-state index is 2.73. The number of hydrogen-bond donors (Lipinski definition) is 0. The van der Waals surface area contributed by atoms with E-state index in [1.807, 2.05) is 0 Å². The Hall–Kier alpha value is -0.700. The van der Waals surface area contributed by atoms with Crippen molar-refractivity contribution in [1.82, 2.24) is 14.7 Å². The molecule has 1 aliphatic carbocycles. The molecule has 0 saturated carbocycles. The summed E-state index contributed by atoms with van der Waals surface area (Å²) in [5.41, 5.74) is 3.05. The summed E-state index contributed by atoms with van der Waals surface area (Å²) < 4.78 is 0. The van der Waals surface area contributed by atoms with E-state index in [-0.39, 0.29) is 0 Å². The molecule has 3 heteroatoms. The number of hydrogen-bond acceptors (Lipinski definition) is 3. The summed E-state index contributed by atoms with van der Waals surface area (Å²) in [6, 6.07) is 0.577. The average Bonchev–Trinajstić information content (AvgIpc) is 3.21. The van der Waals surface area contributed by atoms with E-state index in [0.717, 1.165) is 0 Å². The lowest BCUT2D eigenvalue weighted by Gasteiger charge is -2.26. The Morgan fingerprint density at radius 2 is 1.05 bits per heavy atom. The van der Waals surface area contributed by atoms with Gasteiger partial charge in [0, 0.05) is 28.2 Å². The molecule has 0 aromatic carbocycles. The van der Waals surface area contributed by atoms with Crippen LogP contribution in [-0.2, 0) is 0 Å². The zero-order valence-electron chi connectivity index (χ0n) is 16.0. The molecular formula is C19H39N3. The van der Waals surface area contributed by atoms with E-state index in [9.17, 15) is 0 Å². The summed E-state index contributed by atoms with van der Waals surface area (Å²) in [7, 11) is 8.74. The minimum atomic E-state index is 0.577. The van der Waals surface area contributed by atoms with Crippen LogP contribution in [0.5, 0.6) is 0 Å². The Labute approximate surface area is 139 Å². The third-order valence-corrected chi connectivity index (χ3v) is 4.62. The zero-order valence-corrected chi connectivity index (χ0v) is 16.0. The van der Waals surface area contributed by atoms with E-state index in [1.165, 1.54) is 75.9 Å². The lowest BCUT2D eigenvalue weighted by atomic mass is 10.1. The van der Waals surface area contributed by atoms with E-state index < -0.39 is 0 Å². The number of unbranched alkanes of at least 4 members (excludes halogenated alkanes) is 6. The third kappa shape index (κ3) is 5.83. The van der Waals surface area contributed by atoms with Crippen LogP contribution in [-0.4, -0.2) is 62.0 Å². The summed E-state index contributed by atoms with van der Waals surface area (Å²) >= 11 is 0. The van der Waals surface area contributed by atoms with Gasteiger partial charge in [0.2, 0.25) is 0 Å². The first-order chi connectivity index (χ1) is 10.5. The van der Waals surface area contributed by atoms with Gasteiger partial charge in [-0.05, 0) is 25.9 Å². The lowest BCUT2D eigenvalue weighted by Crippen LogP contribution is -2.34. The maximum atomic E-state index is 2.73. The standard InChI is InChI=1S/C19H39N3/c1-7-9-11-13-15-22(16-14-12-10-8-2)19-17(20(3)4)18(19)21(5)6/h19H,7-16H2,1-6H3. The summed E-state index contributed by atoms with van der Waals surface area (Å²) in [5.74, 6) is 0. The molecule has 0 N–H and O–H groups in total. The first kappa shape index (κ1) is 19.3. The van der Waals surface area contributed by atoms with Gasteiger partial charge in [0.25, 0.3) is 0 Å². The summed E-state index contributed by atoms with van der Waals surface area (Å²) in [5, 5.41) is 0. The minimum Gasteiger partial charge on any atom is -0.378 e. The average molecular weight is 310 g/mol. The molecule has 0 unspecified atom stereocenters. The van der Waals surface area contributed by atoms with Crippen LogP contribution in [0.15, 0.2) is 11.4 Å². The van der Waals surface area contributed by atoms with Gasteiger partial charge in [-0.3, -0.25) is 4.90 Å². The normalized spacial score (nSPS) is 14.9. The van der Waals surface area contributed by atoms with Gasteiger partial charge in [-0.15, -0.1) is 0 Å². The molecule has 0 aromatic heterocycles. The molecule has 0 bridgehead atoms. The molecule has 0 heterocycles. The van der Waals surface area contributed by atoms with Crippen molar-refractivity contribution in [1.29, 1.82) is 0 Å². The smallest absolute Gasteiger partial charge is 0.0939 e. The Morgan fingerprint density at radius 3 is 1.36 bits per heavy atom.